The Morgan fingerprint density at radius 1 is 1.28 bits per heavy atom. The number of hydrogen-bond acceptors (Lipinski definition) is 2. The molecule has 1 N–H and O–H groups in total. The first-order valence-corrected chi connectivity index (χ1v) is 6.76. The van der Waals surface area contributed by atoms with Crippen LogP contribution < -0.4 is 5.32 Å². The molecule has 1 heterocycles. The molecule has 1 aliphatic rings. The molecule has 100 valence electrons. The first-order valence-electron chi connectivity index (χ1n) is 6.76. The SMILES string of the molecule is CNCC1(c2ccccc2F)CCCN(C)CC1. The lowest BCUT2D eigenvalue weighted by atomic mass is 9.74. The zero-order chi connectivity index (χ0) is 13.0. The Bertz CT molecular complexity index is 394. The second kappa shape index (κ2) is 5.81. The van der Waals surface area contributed by atoms with E-state index in [0.717, 1.165) is 44.5 Å². The molecular formula is C15H23FN2. The molecule has 0 saturated carbocycles. The van der Waals surface area contributed by atoms with Crippen molar-refractivity contribution in [2.24, 2.45) is 0 Å². The fourth-order valence-corrected chi connectivity index (χ4v) is 3.10. The summed E-state index contributed by atoms with van der Waals surface area (Å²) in [4.78, 5) is 2.35. The molecule has 18 heavy (non-hydrogen) atoms. The minimum Gasteiger partial charge on any atom is -0.319 e. The van der Waals surface area contributed by atoms with Crippen LogP contribution in [-0.2, 0) is 5.41 Å². The Labute approximate surface area is 109 Å². The maximum Gasteiger partial charge on any atom is 0.127 e. The Morgan fingerprint density at radius 2 is 2.06 bits per heavy atom. The summed E-state index contributed by atoms with van der Waals surface area (Å²) in [7, 11) is 4.11. The lowest BCUT2D eigenvalue weighted by Crippen LogP contribution is -2.38. The van der Waals surface area contributed by atoms with Crippen LogP contribution in [0.1, 0.15) is 24.8 Å². The first-order chi connectivity index (χ1) is 8.68. The van der Waals surface area contributed by atoms with Crippen molar-refractivity contribution in [2.45, 2.75) is 24.7 Å². The summed E-state index contributed by atoms with van der Waals surface area (Å²) in [6.07, 6.45) is 3.21. The van der Waals surface area contributed by atoms with Crippen molar-refractivity contribution < 1.29 is 4.39 Å². The van der Waals surface area contributed by atoms with Crippen molar-refractivity contribution in [2.75, 3.05) is 33.7 Å². The van der Waals surface area contributed by atoms with Gasteiger partial charge in [0.15, 0.2) is 0 Å². The van der Waals surface area contributed by atoms with Crippen molar-refractivity contribution in [1.82, 2.24) is 10.2 Å². The van der Waals surface area contributed by atoms with Gasteiger partial charge in [0, 0.05) is 12.0 Å². The molecule has 3 heteroatoms. The van der Waals surface area contributed by atoms with Gasteiger partial charge in [-0.3, -0.25) is 0 Å². The average Bonchev–Trinajstić information content (AvgIpc) is 2.54. The van der Waals surface area contributed by atoms with Crippen molar-refractivity contribution in [3.63, 3.8) is 0 Å². The number of rotatable bonds is 3. The molecule has 0 aliphatic carbocycles. The zero-order valence-corrected chi connectivity index (χ0v) is 11.4. The third kappa shape index (κ3) is 2.73. The summed E-state index contributed by atoms with van der Waals surface area (Å²) in [5.41, 5.74) is 0.833. The summed E-state index contributed by atoms with van der Waals surface area (Å²) >= 11 is 0. The molecule has 0 amide bonds. The van der Waals surface area contributed by atoms with Gasteiger partial charge < -0.3 is 10.2 Å². The summed E-state index contributed by atoms with van der Waals surface area (Å²) in [6, 6.07) is 7.26. The van der Waals surface area contributed by atoms with Gasteiger partial charge in [0.2, 0.25) is 0 Å². The molecule has 2 nitrogen and oxygen atoms in total. The molecule has 0 bridgehead atoms. The smallest absolute Gasteiger partial charge is 0.127 e. The normalized spacial score (nSPS) is 25.9. The molecule has 0 radical (unpaired) electrons. The van der Waals surface area contributed by atoms with E-state index in [2.05, 4.69) is 17.3 Å². The van der Waals surface area contributed by atoms with Gasteiger partial charge in [-0.05, 0) is 58.1 Å². The van der Waals surface area contributed by atoms with Crippen LogP contribution in [0.4, 0.5) is 4.39 Å². The van der Waals surface area contributed by atoms with Crippen molar-refractivity contribution in [3.8, 4) is 0 Å². The van der Waals surface area contributed by atoms with Crippen LogP contribution in [0.3, 0.4) is 0 Å². The van der Waals surface area contributed by atoms with Gasteiger partial charge in [-0.15, -0.1) is 0 Å². The summed E-state index contributed by atoms with van der Waals surface area (Å²) < 4.78 is 14.1. The highest BCUT2D eigenvalue weighted by Crippen LogP contribution is 2.36. The van der Waals surface area contributed by atoms with Crippen molar-refractivity contribution in [1.29, 1.82) is 0 Å². The van der Waals surface area contributed by atoms with E-state index in [9.17, 15) is 4.39 Å². The standard InChI is InChI=1S/C15H23FN2/c1-17-12-15(8-5-10-18(2)11-9-15)13-6-3-4-7-14(13)16/h3-4,6-7,17H,5,8-12H2,1-2H3. The van der Waals surface area contributed by atoms with E-state index < -0.39 is 0 Å². The van der Waals surface area contributed by atoms with E-state index in [0.29, 0.717) is 0 Å². The van der Waals surface area contributed by atoms with E-state index in [1.807, 2.05) is 19.2 Å². The third-order valence-corrected chi connectivity index (χ3v) is 4.13. The number of hydrogen-bond donors (Lipinski definition) is 1. The van der Waals surface area contributed by atoms with Gasteiger partial charge in [-0.2, -0.15) is 0 Å². The van der Waals surface area contributed by atoms with E-state index >= 15 is 0 Å². The van der Waals surface area contributed by atoms with Gasteiger partial charge in [0.25, 0.3) is 0 Å². The number of benzene rings is 1. The maximum atomic E-state index is 14.1. The predicted octanol–water partition coefficient (Wildman–Crippen LogP) is 2.40. The molecule has 1 atom stereocenters. The molecular weight excluding hydrogens is 227 g/mol. The Kier molecular flexibility index (Phi) is 4.36. The van der Waals surface area contributed by atoms with E-state index in [-0.39, 0.29) is 11.2 Å². The fraction of sp³-hybridized carbons (Fsp3) is 0.600. The largest absolute Gasteiger partial charge is 0.319 e. The molecule has 1 saturated heterocycles. The second-order valence-corrected chi connectivity index (χ2v) is 5.45. The molecule has 2 rings (SSSR count). The molecule has 1 aromatic carbocycles. The Morgan fingerprint density at radius 3 is 2.78 bits per heavy atom. The Balaban J connectivity index is 2.34. The first kappa shape index (κ1) is 13.5. The van der Waals surface area contributed by atoms with Gasteiger partial charge in [-0.25, -0.2) is 4.39 Å². The van der Waals surface area contributed by atoms with E-state index in [1.54, 1.807) is 12.1 Å². The Hall–Kier alpha value is -0.930. The highest BCUT2D eigenvalue weighted by atomic mass is 19.1. The fourth-order valence-electron chi connectivity index (χ4n) is 3.10. The second-order valence-electron chi connectivity index (χ2n) is 5.45. The molecule has 1 aliphatic heterocycles. The zero-order valence-electron chi connectivity index (χ0n) is 11.4. The van der Waals surface area contributed by atoms with Crippen LogP contribution >= 0.6 is 0 Å². The predicted molar refractivity (Wildman–Crippen MR) is 73.4 cm³/mol. The van der Waals surface area contributed by atoms with Gasteiger partial charge in [0.05, 0.1) is 0 Å². The highest BCUT2D eigenvalue weighted by Gasteiger charge is 2.35. The van der Waals surface area contributed by atoms with Crippen molar-refractivity contribution >= 4 is 0 Å². The molecule has 1 fully saturated rings. The minimum absolute atomic E-state index is 0.0507. The minimum atomic E-state index is -0.0581. The number of nitrogens with zero attached hydrogens (tertiary/aromatic N) is 1. The quantitative estimate of drug-likeness (QED) is 0.886. The van der Waals surface area contributed by atoms with E-state index in [1.165, 1.54) is 0 Å². The average molecular weight is 250 g/mol. The lowest BCUT2D eigenvalue weighted by Gasteiger charge is -2.33. The van der Waals surface area contributed by atoms with E-state index in [4.69, 9.17) is 0 Å². The van der Waals surface area contributed by atoms with Crippen LogP contribution in [0.15, 0.2) is 24.3 Å². The van der Waals surface area contributed by atoms with Gasteiger partial charge in [0.1, 0.15) is 5.82 Å². The summed E-state index contributed by atoms with van der Waals surface area (Å²) in [6.45, 7) is 3.00. The topological polar surface area (TPSA) is 15.3 Å². The molecule has 0 spiro atoms. The highest BCUT2D eigenvalue weighted by molar-refractivity contribution is 5.28. The molecule has 1 aromatic rings. The third-order valence-electron chi connectivity index (χ3n) is 4.13. The maximum absolute atomic E-state index is 14.1. The molecule has 1 unspecified atom stereocenters. The lowest BCUT2D eigenvalue weighted by molar-refractivity contribution is 0.316. The van der Waals surface area contributed by atoms with Crippen LogP contribution in [0.2, 0.25) is 0 Å². The number of likely N-dealkylation sites (N-methyl/N-ethyl adjacent to an activating group) is 1. The molecule has 0 aromatic heterocycles. The summed E-state index contributed by atoms with van der Waals surface area (Å²) in [5.74, 6) is -0.0581. The van der Waals surface area contributed by atoms with Crippen LogP contribution in [-0.4, -0.2) is 38.6 Å². The number of nitrogens with one attached hydrogen (secondary N) is 1. The van der Waals surface area contributed by atoms with Crippen LogP contribution in [0.25, 0.3) is 0 Å². The van der Waals surface area contributed by atoms with Crippen LogP contribution in [0.5, 0.6) is 0 Å². The summed E-state index contributed by atoms with van der Waals surface area (Å²) in [5, 5.41) is 3.26. The number of halogens is 1. The van der Waals surface area contributed by atoms with Crippen LogP contribution in [0, 0.1) is 5.82 Å². The number of likely N-dealkylation sites (tertiary alicyclic amines) is 1. The van der Waals surface area contributed by atoms with Gasteiger partial charge >= 0.3 is 0 Å². The monoisotopic (exact) mass is 250 g/mol. The van der Waals surface area contributed by atoms with Gasteiger partial charge in [-0.1, -0.05) is 18.2 Å². The van der Waals surface area contributed by atoms with Crippen molar-refractivity contribution in [3.05, 3.63) is 35.6 Å².